The van der Waals surface area contributed by atoms with Gasteiger partial charge in [-0.2, -0.15) is 0 Å². The lowest BCUT2D eigenvalue weighted by molar-refractivity contribution is 0.0970. The fraction of sp³-hybridized carbons (Fsp3) is 0.111. The zero-order chi connectivity index (χ0) is 24.8. The van der Waals surface area contributed by atoms with Crippen molar-refractivity contribution in [1.29, 1.82) is 0 Å². The van der Waals surface area contributed by atoms with Gasteiger partial charge in [-0.1, -0.05) is 48.6 Å². The molecule has 178 valence electrons. The Morgan fingerprint density at radius 2 is 1.81 bits per heavy atom. The third-order valence-corrected chi connectivity index (χ3v) is 7.02. The molecule has 0 saturated carbocycles. The van der Waals surface area contributed by atoms with Crippen molar-refractivity contribution >= 4 is 33.3 Å². The Kier molecular flexibility index (Phi) is 5.34. The summed E-state index contributed by atoms with van der Waals surface area (Å²) in [6.07, 6.45) is 0.651. The van der Waals surface area contributed by atoms with Crippen LogP contribution in [0.25, 0.3) is 11.0 Å². The Bertz CT molecular complexity index is 1680. The maximum Gasteiger partial charge on any atom is 0.297 e. The van der Waals surface area contributed by atoms with Gasteiger partial charge in [0.15, 0.2) is 5.43 Å². The summed E-state index contributed by atoms with van der Waals surface area (Å²) in [5, 5.41) is 9.54. The molecule has 9 heteroatoms. The normalized spacial score (nSPS) is 14.9. The number of fused-ring (bicyclic) bond motifs is 2. The predicted octanol–water partition coefficient (Wildman–Crippen LogP) is 5.89. The lowest BCUT2D eigenvalue weighted by Gasteiger charge is -2.22. The van der Waals surface area contributed by atoms with E-state index >= 15 is 0 Å². The number of hydrogen-bond donors (Lipinski definition) is 0. The first-order chi connectivity index (χ1) is 17.5. The molecule has 36 heavy (non-hydrogen) atoms. The monoisotopic (exact) mass is 499 g/mol. The van der Waals surface area contributed by atoms with Gasteiger partial charge >= 0.3 is 0 Å². The van der Waals surface area contributed by atoms with Crippen LogP contribution in [0, 0.1) is 5.82 Å². The van der Waals surface area contributed by atoms with E-state index < -0.39 is 23.2 Å². The standard InChI is InChI=1S/C27H18FN3O4S/c1-2-21-29-30-27(36-21)31-23(15-7-6-10-18(13-15)34-17-8-4-3-5-9-17)22-24(32)19-14-16(28)11-12-20(19)35-25(22)26(31)33/h3-14,23H,2H2,1H3. The number of benzene rings is 3. The van der Waals surface area contributed by atoms with Gasteiger partial charge in [0.2, 0.25) is 10.9 Å². The molecule has 3 aromatic carbocycles. The summed E-state index contributed by atoms with van der Waals surface area (Å²) in [5.74, 6) is 0.00933. The van der Waals surface area contributed by atoms with Gasteiger partial charge in [0.1, 0.15) is 27.9 Å². The second-order valence-corrected chi connectivity index (χ2v) is 9.25. The van der Waals surface area contributed by atoms with Crippen molar-refractivity contribution in [2.75, 3.05) is 4.90 Å². The van der Waals surface area contributed by atoms with Crippen LogP contribution in [0.2, 0.25) is 0 Å². The van der Waals surface area contributed by atoms with Crippen molar-refractivity contribution in [1.82, 2.24) is 10.2 Å². The highest BCUT2D eigenvalue weighted by molar-refractivity contribution is 7.15. The molecule has 0 N–H and O–H groups in total. The molecule has 0 fully saturated rings. The van der Waals surface area contributed by atoms with Crippen LogP contribution in [-0.4, -0.2) is 16.1 Å². The molecule has 0 radical (unpaired) electrons. The number of nitrogens with zero attached hydrogens (tertiary/aromatic N) is 3. The van der Waals surface area contributed by atoms with Crippen molar-refractivity contribution in [2.45, 2.75) is 19.4 Å². The van der Waals surface area contributed by atoms with Crippen molar-refractivity contribution in [3.8, 4) is 11.5 Å². The second kappa shape index (κ2) is 8.69. The van der Waals surface area contributed by atoms with Gasteiger partial charge < -0.3 is 9.15 Å². The molecular weight excluding hydrogens is 481 g/mol. The highest BCUT2D eigenvalue weighted by Crippen LogP contribution is 2.43. The molecule has 1 aliphatic heterocycles. The second-order valence-electron chi connectivity index (χ2n) is 8.21. The van der Waals surface area contributed by atoms with Gasteiger partial charge in [0.25, 0.3) is 5.91 Å². The highest BCUT2D eigenvalue weighted by Gasteiger charge is 2.45. The number of ether oxygens (including phenoxy) is 1. The highest BCUT2D eigenvalue weighted by atomic mass is 32.1. The molecular formula is C27H18FN3O4S. The van der Waals surface area contributed by atoms with Crippen LogP contribution in [0.3, 0.4) is 0 Å². The van der Waals surface area contributed by atoms with Crippen LogP contribution in [0.15, 0.2) is 82.0 Å². The molecule has 6 rings (SSSR count). The first-order valence-electron chi connectivity index (χ1n) is 11.3. The Balaban J connectivity index is 1.55. The Morgan fingerprint density at radius 3 is 2.58 bits per heavy atom. The predicted molar refractivity (Wildman–Crippen MR) is 133 cm³/mol. The van der Waals surface area contributed by atoms with Gasteiger partial charge in [0.05, 0.1) is 17.0 Å². The minimum Gasteiger partial charge on any atom is -0.457 e. The average molecular weight is 500 g/mol. The zero-order valence-electron chi connectivity index (χ0n) is 19.0. The maximum absolute atomic E-state index is 14.0. The molecule has 3 heterocycles. The van der Waals surface area contributed by atoms with E-state index in [1.54, 1.807) is 24.3 Å². The topological polar surface area (TPSA) is 85.5 Å². The molecule has 1 amide bonds. The van der Waals surface area contributed by atoms with Gasteiger partial charge in [0, 0.05) is 0 Å². The van der Waals surface area contributed by atoms with Crippen molar-refractivity contribution in [3.05, 3.63) is 111 Å². The van der Waals surface area contributed by atoms with Gasteiger partial charge in [-0.25, -0.2) is 4.39 Å². The number of carbonyl (C=O) groups is 1. The largest absolute Gasteiger partial charge is 0.457 e. The fourth-order valence-corrected chi connectivity index (χ4v) is 5.12. The minimum absolute atomic E-state index is 0.0663. The fourth-order valence-electron chi connectivity index (χ4n) is 4.32. The van der Waals surface area contributed by atoms with E-state index in [9.17, 15) is 14.0 Å². The van der Waals surface area contributed by atoms with E-state index in [0.29, 0.717) is 28.6 Å². The van der Waals surface area contributed by atoms with Crippen LogP contribution in [-0.2, 0) is 6.42 Å². The first kappa shape index (κ1) is 22.1. The molecule has 1 unspecified atom stereocenters. The van der Waals surface area contributed by atoms with E-state index in [4.69, 9.17) is 9.15 Å². The third-order valence-electron chi connectivity index (χ3n) is 5.95. The Labute approximate surface area is 208 Å². The number of aryl methyl sites for hydroxylation is 1. The molecule has 0 bridgehead atoms. The Hall–Kier alpha value is -4.37. The molecule has 7 nitrogen and oxygen atoms in total. The van der Waals surface area contributed by atoms with Crippen molar-refractivity contribution < 1.29 is 18.3 Å². The number of hydrogen-bond acceptors (Lipinski definition) is 7. The van der Waals surface area contributed by atoms with Crippen molar-refractivity contribution in [2.24, 2.45) is 0 Å². The number of anilines is 1. The number of rotatable bonds is 5. The summed E-state index contributed by atoms with van der Waals surface area (Å²) in [6.45, 7) is 1.94. The number of halogens is 1. The number of amides is 1. The molecule has 0 spiro atoms. The minimum atomic E-state index is -0.853. The van der Waals surface area contributed by atoms with E-state index in [1.807, 2.05) is 37.3 Å². The van der Waals surface area contributed by atoms with E-state index in [0.717, 1.165) is 11.1 Å². The smallest absolute Gasteiger partial charge is 0.297 e. The molecule has 0 aliphatic carbocycles. The van der Waals surface area contributed by atoms with Crippen LogP contribution in [0.5, 0.6) is 11.5 Å². The summed E-state index contributed by atoms with van der Waals surface area (Å²) in [5.41, 5.74) is 0.415. The Morgan fingerprint density at radius 1 is 1.00 bits per heavy atom. The van der Waals surface area contributed by atoms with Crippen LogP contribution >= 0.6 is 11.3 Å². The molecule has 0 saturated heterocycles. The van der Waals surface area contributed by atoms with Crippen LogP contribution in [0.1, 0.15) is 39.7 Å². The van der Waals surface area contributed by atoms with E-state index in [1.165, 1.54) is 28.4 Å². The number of aromatic nitrogens is 2. The molecule has 1 aliphatic rings. The lowest BCUT2D eigenvalue weighted by atomic mass is 9.98. The first-order valence-corrected chi connectivity index (χ1v) is 12.1. The summed E-state index contributed by atoms with van der Waals surface area (Å²) in [7, 11) is 0. The van der Waals surface area contributed by atoms with Crippen LogP contribution < -0.4 is 15.1 Å². The quantitative estimate of drug-likeness (QED) is 0.300. The summed E-state index contributed by atoms with van der Waals surface area (Å²) >= 11 is 1.27. The summed E-state index contributed by atoms with van der Waals surface area (Å²) < 4.78 is 25.9. The zero-order valence-corrected chi connectivity index (χ0v) is 19.8. The van der Waals surface area contributed by atoms with Gasteiger partial charge in [-0.3, -0.25) is 14.5 Å². The molecule has 1 atom stereocenters. The van der Waals surface area contributed by atoms with Crippen molar-refractivity contribution in [3.63, 3.8) is 0 Å². The SMILES string of the molecule is CCc1nnc(N2C(=O)c3oc4ccc(F)cc4c(=O)c3C2c2cccc(Oc3ccccc3)c2)s1. The maximum atomic E-state index is 14.0. The van der Waals surface area contributed by atoms with E-state index in [2.05, 4.69) is 10.2 Å². The number of para-hydroxylation sites is 1. The third kappa shape index (κ3) is 3.64. The lowest BCUT2D eigenvalue weighted by Crippen LogP contribution is -2.29. The summed E-state index contributed by atoms with van der Waals surface area (Å²) in [6, 6.07) is 19.2. The molecule has 2 aromatic heterocycles. The van der Waals surface area contributed by atoms with E-state index in [-0.39, 0.29) is 22.3 Å². The average Bonchev–Trinajstić information content (AvgIpc) is 3.48. The van der Waals surface area contributed by atoms with Gasteiger partial charge in [-0.05, 0) is 54.4 Å². The van der Waals surface area contributed by atoms with Gasteiger partial charge in [-0.15, -0.1) is 10.2 Å². The van der Waals surface area contributed by atoms with Crippen LogP contribution in [0.4, 0.5) is 9.52 Å². The summed E-state index contributed by atoms with van der Waals surface area (Å²) in [4.78, 5) is 28.7. The molecule has 5 aromatic rings. The number of carbonyl (C=O) groups excluding carboxylic acids is 1.